The molecule has 30 heavy (non-hydrogen) atoms. The van der Waals surface area contributed by atoms with Crippen molar-refractivity contribution in [2.45, 2.75) is 18.6 Å². The highest BCUT2D eigenvalue weighted by molar-refractivity contribution is 5.91. The van der Waals surface area contributed by atoms with Crippen molar-refractivity contribution in [2.24, 2.45) is 0 Å². The van der Waals surface area contributed by atoms with E-state index in [4.69, 9.17) is 14.2 Å². The number of benzene rings is 2. The molecular weight excluding hydrogens is 384 g/mol. The van der Waals surface area contributed by atoms with Crippen molar-refractivity contribution in [1.82, 2.24) is 4.90 Å². The SMILES string of the molecule is COCO[C@H]1CCN([C@@H](CN(C)c2ccc(C(=O)O)c(OC)c2)c2ccccc2)C1. The number of carboxylic acids is 1. The predicted octanol–water partition coefficient (Wildman–Crippen LogP) is 3.27. The minimum Gasteiger partial charge on any atom is -0.496 e. The second-order valence-corrected chi connectivity index (χ2v) is 7.48. The summed E-state index contributed by atoms with van der Waals surface area (Å²) < 4.78 is 16.1. The minimum absolute atomic E-state index is 0.159. The Bertz CT molecular complexity index is 830. The van der Waals surface area contributed by atoms with E-state index in [1.54, 1.807) is 19.2 Å². The topological polar surface area (TPSA) is 71.5 Å². The number of aromatic carboxylic acids is 1. The molecule has 0 saturated carbocycles. The Balaban J connectivity index is 1.79. The molecule has 3 rings (SSSR count). The second kappa shape index (κ2) is 10.4. The zero-order chi connectivity index (χ0) is 21.5. The van der Waals surface area contributed by atoms with Gasteiger partial charge < -0.3 is 24.2 Å². The number of carbonyl (C=O) groups is 1. The molecular formula is C23H30N2O5. The van der Waals surface area contributed by atoms with E-state index in [1.807, 2.05) is 19.2 Å². The Morgan fingerprint density at radius 1 is 1.23 bits per heavy atom. The highest BCUT2D eigenvalue weighted by Crippen LogP contribution is 2.30. The first-order chi connectivity index (χ1) is 14.5. The Morgan fingerprint density at radius 2 is 2.00 bits per heavy atom. The summed E-state index contributed by atoms with van der Waals surface area (Å²) in [6.07, 6.45) is 1.13. The summed E-state index contributed by atoms with van der Waals surface area (Å²) in [5.41, 5.74) is 2.31. The van der Waals surface area contributed by atoms with Crippen molar-refractivity contribution in [1.29, 1.82) is 0 Å². The van der Waals surface area contributed by atoms with Gasteiger partial charge in [-0.25, -0.2) is 4.79 Å². The van der Waals surface area contributed by atoms with Crippen LogP contribution in [0.1, 0.15) is 28.4 Å². The van der Waals surface area contributed by atoms with Crippen molar-refractivity contribution in [2.75, 3.05) is 52.6 Å². The molecule has 0 bridgehead atoms. The molecule has 0 aliphatic carbocycles. The molecule has 1 aliphatic rings. The van der Waals surface area contributed by atoms with Gasteiger partial charge in [-0.2, -0.15) is 0 Å². The number of hydrogen-bond donors (Lipinski definition) is 1. The fraction of sp³-hybridized carbons (Fsp3) is 0.435. The Hall–Kier alpha value is -2.61. The van der Waals surface area contributed by atoms with Gasteiger partial charge >= 0.3 is 5.97 Å². The van der Waals surface area contributed by atoms with Crippen molar-refractivity contribution in [3.8, 4) is 5.75 Å². The van der Waals surface area contributed by atoms with Crippen LogP contribution in [0.5, 0.6) is 5.75 Å². The second-order valence-electron chi connectivity index (χ2n) is 7.48. The molecule has 0 amide bonds. The molecule has 1 fully saturated rings. The van der Waals surface area contributed by atoms with Gasteiger partial charge in [0.2, 0.25) is 0 Å². The summed E-state index contributed by atoms with van der Waals surface area (Å²) in [5, 5.41) is 9.33. The number of rotatable bonds is 10. The minimum atomic E-state index is -0.998. The molecule has 2 aromatic rings. The molecule has 2 atom stereocenters. The van der Waals surface area contributed by atoms with Gasteiger partial charge in [0, 0.05) is 45.5 Å². The smallest absolute Gasteiger partial charge is 0.339 e. The van der Waals surface area contributed by atoms with E-state index in [9.17, 15) is 9.90 Å². The Kier molecular flexibility index (Phi) is 7.68. The van der Waals surface area contributed by atoms with Gasteiger partial charge in [-0.15, -0.1) is 0 Å². The van der Waals surface area contributed by atoms with Gasteiger partial charge in [0.25, 0.3) is 0 Å². The predicted molar refractivity (Wildman–Crippen MR) is 115 cm³/mol. The largest absolute Gasteiger partial charge is 0.496 e. The average Bonchev–Trinajstić information content (AvgIpc) is 3.24. The van der Waals surface area contributed by atoms with Crippen LogP contribution in [0, 0.1) is 0 Å². The van der Waals surface area contributed by atoms with Crippen molar-refractivity contribution in [3.05, 3.63) is 59.7 Å². The number of methoxy groups -OCH3 is 2. The summed E-state index contributed by atoms with van der Waals surface area (Å²) in [4.78, 5) is 16.0. The van der Waals surface area contributed by atoms with Gasteiger partial charge in [0.1, 0.15) is 18.1 Å². The maximum atomic E-state index is 11.4. The number of nitrogens with zero attached hydrogens (tertiary/aromatic N) is 2. The highest BCUT2D eigenvalue weighted by atomic mass is 16.7. The van der Waals surface area contributed by atoms with E-state index >= 15 is 0 Å². The Morgan fingerprint density at radius 3 is 2.67 bits per heavy atom. The molecule has 2 aromatic carbocycles. The third-order valence-corrected chi connectivity index (χ3v) is 5.53. The summed E-state index contributed by atoms with van der Waals surface area (Å²) in [5.74, 6) is -0.639. The van der Waals surface area contributed by atoms with Gasteiger partial charge in [0.05, 0.1) is 19.3 Å². The molecule has 0 aromatic heterocycles. The quantitative estimate of drug-likeness (QED) is 0.598. The van der Waals surface area contributed by atoms with Crippen molar-refractivity contribution in [3.63, 3.8) is 0 Å². The molecule has 7 heteroatoms. The normalized spacial score (nSPS) is 17.6. The summed E-state index contributed by atoms with van der Waals surface area (Å²) in [6, 6.07) is 15.8. The number of carboxylic acid groups (broad SMARTS) is 1. The molecule has 0 spiro atoms. The Labute approximate surface area is 177 Å². The van der Waals surface area contributed by atoms with E-state index in [0.29, 0.717) is 12.5 Å². The van der Waals surface area contributed by atoms with Crippen LogP contribution < -0.4 is 9.64 Å². The summed E-state index contributed by atoms with van der Waals surface area (Å²) in [7, 11) is 5.14. The lowest BCUT2D eigenvalue weighted by Crippen LogP contribution is -2.36. The fourth-order valence-corrected chi connectivity index (χ4v) is 3.90. The molecule has 0 radical (unpaired) electrons. The van der Waals surface area contributed by atoms with Crippen LogP contribution in [0.4, 0.5) is 5.69 Å². The fourth-order valence-electron chi connectivity index (χ4n) is 3.90. The average molecular weight is 415 g/mol. The zero-order valence-electron chi connectivity index (χ0n) is 17.8. The lowest BCUT2D eigenvalue weighted by atomic mass is 10.0. The first kappa shape index (κ1) is 22.1. The van der Waals surface area contributed by atoms with Gasteiger partial charge in [-0.3, -0.25) is 4.90 Å². The number of ether oxygens (including phenoxy) is 3. The van der Waals surface area contributed by atoms with E-state index in [1.165, 1.54) is 12.7 Å². The third kappa shape index (κ3) is 5.30. The lowest BCUT2D eigenvalue weighted by molar-refractivity contribution is -0.0679. The third-order valence-electron chi connectivity index (χ3n) is 5.53. The van der Waals surface area contributed by atoms with Crippen molar-refractivity contribution >= 4 is 11.7 Å². The molecule has 7 nitrogen and oxygen atoms in total. The van der Waals surface area contributed by atoms with E-state index in [2.05, 4.69) is 34.1 Å². The maximum Gasteiger partial charge on any atom is 0.339 e. The molecule has 1 aliphatic heterocycles. The van der Waals surface area contributed by atoms with E-state index < -0.39 is 5.97 Å². The molecule has 0 unspecified atom stereocenters. The van der Waals surface area contributed by atoms with Crippen LogP contribution in [-0.2, 0) is 9.47 Å². The number of hydrogen-bond acceptors (Lipinski definition) is 6. The van der Waals surface area contributed by atoms with Gasteiger partial charge in [-0.1, -0.05) is 30.3 Å². The van der Waals surface area contributed by atoms with Gasteiger partial charge in [0.15, 0.2) is 0 Å². The van der Waals surface area contributed by atoms with Crippen LogP contribution >= 0.6 is 0 Å². The zero-order valence-corrected chi connectivity index (χ0v) is 17.8. The first-order valence-corrected chi connectivity index (χ1v) is 10.1. The van der Waals surface area contributed by atoms with Gasteiger partial charge in [-0.05, 0) is 24.1 Å². The van der Waals surface area contributed by atoms with Crippen LogP contribution in [0.25, 0.3) is 0 Å². The number of anilines is 1. The van der Waals surface area contributed by atoms with Crippen LogP contribution in [0.15, 0.2) is 48.5 Å². The summed E-state index contributed by atoms with van der Waals surface area (Å²) in [6.45, 7) is 2.85. The molecule has 1 saturated heterocycles. The van der Waals surface area contributed by atoms with Crippen LogP contribution in [0.2, 0.25) is 0 Å². The van der Waals surface area contributed by atoms with Crippen molar-refractivity contribution < 1.29 is 24.1 Å². The molecule has 1 heterocycles. The van der Waals surface area contributed by atoms with Crippen LogP contribution in [-0.4, -0.2) is 69.8 Å². The first-order valence-electron chi connectivity index (χ1n) is 10.1. The monoisotopic (exact) mass is 414 g/mol. The van der Waals surface area contributed by atoms with Crippen LogP contribution in [0.3, 0.4) is 0 Å². The standard InChI is InChI=1S/C23H30N2O5/c1-24(18-9-10-20(23(26)27)22(13-18)29-3)15-21(17-7-5-4-6-8-17)25-12-11-19(14-25)30-16-28-2/h4-10,13,19,21H,11-12,14-16H2,1-3H3,(H,26,27)/t19-,21-/m0/s1. The maximum absolute atomic E-state index is 11.4. The lowest BCUT2D eigenvalue weighted by Gasteiger charge is -2.33. The number of likely N-dealkylation sites (tertiary alicyclic amines) is 1. The molecule has 162 valence electrons. The number of likely N-dealkylation sites (N-methyl/N-ethyl adjacent to an activating group) is 1. The molecule has 1 N–H and O–H groups in total. The van der Waals surface area contributed by atoms with E-state index in [0.717, 1.165) is 31.7 Å². The highest BCUT2D eigenvalue weighted by Gasteiger charge is 2.30. The van der Waals surface area contributed by atoms with E-state index in [-0.39, 0.29) is 17.7 Å². The summed E-state index contributed by atoms with van der Waals surface area (Å²) >= 11 is 0.